The van der Waals surface area contributed by atoms with Crippen molar-refractivity contribution in [1.29, 1.82) is 0 Å². The molecule has 220 valence electrons. The lowest BCUT2D eigenvalue weighted by molar-refractivity contribution is -0.140. The zero-order valence-electron chi connectivity index (χ0n) is 24.0. The van der Waals surface area contributed by atoms with E-state index < -0.39 is 28.5 Å². The Labute approximate surface area is 248 Å². The van der Waals surface area contributed by atoms with Gasteiger partial charge in [-0.1, -0.05) is 68.3 Å². The second-order valence-corrected chi connectivity index (χ2v) is 12.0. The van der Waals surface area contributed by atoms with Crippen molar-refractivity contribution >= 4 is 39.1 Å². The number of aryl methyl sites for hydroxylation is 1. The summed E-state index contributed by atoms with van der Waals surface area (Å²) in [6.45, 7) is 5.67. The SMILES string of the molecule is CCCCNC(=O)C(CC)N(Cc1cccc(OC)c1)C(=O)CN(c1cc(Cl)ccc1C)S(=O)(=O)c1ccccc1. The van der Waals surface area contributed by atoms with Crippen molar-refractivity contribution in [2.45, 2.75) is 57.5 Å². The summed E-state index contributed by atoms with van der Waals surface area (Å²) in [5.41, 5.74) is 1.66. The van der Waals surface area contributed by atoms with Gasteiger partial charge >= 0.3 is 0 Å². The van der Waals surface area contributed by atoms with Crippen molar-refractivity contribution in [3.05, 3.63) is 88.9 Å². The van der Waals surface area contributed by atoms with Crippen molar-refractivity contribution < 1.29 is 22.7 Å². The number of benzene rings is 3. The maximum Gasteiger partial charge on any atom is 0.264 e. The summed E-state index contributed by atoms with van der Waals surface area (Å²) < 4.78 is 34.4. The number of carbonyl (C=O) groups excluding carboxylic acids is 2. The maximum atomic E-state index is 14.2. The van der Waals surface area contributed by atoms with Crippen LogP contribution in [0.1, 0.15) is 44.2 Å². The third kappa shape index (κ3) is 8.24. The van der Waals surface area contributed by atoms with Crippen LogP contribution in [0.25, 0.3) is 0 Å². The van der Waals surface area contributed by atoms with Crippen molar-refractivity contribution in [2.75, 3.05) is 24.5 Å². The summed E-state index contributed by atoms with van der Waals surface area (Å²) in [4.78, 5) is 29.0. The van der Waals surface area contributed by atoms with Crippen LogP contribution in [0.4, 0.5) is 5.69 Å². The van der Waals surface area contributed by atoms with Crippen molar-refractivity contribution in [3.8, 4) is 5.75 Å². The van der Waals surface area contributed by atoms with E-state index in [0.29, 0.717) is 29.3 Å². The number of ether oxygens (including phenoxy) is 1. The molecule has 1 atom stereocenters. The number of amides is 2. The van der Waals surface area contributed by atoms with E-state index in [4.69, 9.17) is 16.3 Å². The highest BCUT2D eigenvalue weighted by Crippen LogP contribution is 2.30. The predicted octanol–water partition coefficient (Wildman–Crippen LogP) is 5.58. The first-order valence-electron chi connectivity index (χ1n) is 13.7. The molecule has 0 bridgehead atoms. The lowest BCUT2D eigenvalue weighted by Gasteiger charge is -2.33. The van der Waals surface area contributed by atoms with Crippen LogP contribution in [0, 0.1) is 6.92 Å². The van der Waals surface area contributed by atoms with E-state index in [0.717, 1.165) is 22.7 Å². The number of sulfonamides is 1. The van der Waals surface area contributed by atoms with Gasteiger partial charge < -0.3 is 15.0 Å². The molecule has 3 aromatic carbocycles. The van der Waals surface area contributed by atoms with Crippen LogP contribution >= 0.6 is 11.6 Å². The van der Waals surface area contributed by atoms with E-state index in [-0.39, 0.29) is 23.0 Å². The molecule has 0 heterocycles. The largest absolute Gasteiger partial charge is 0.497 e. The highest BCUT2D eigenvalue weighted by atomic mass is 35.5. The van der Waals surface area contributed by atoms with Gasteiger partial charge in [0.15, 0.2) is 0 Å². The molecular formula is C31H38ClN3O5S. The zero-order valence-corrected chi connectivity index (χ0v) is 25.5. The summed E-state index contributed by atoms with van der Waals surface area (Å²) in [6, 6.07) is 19.3. The van der Waals surface area contributed by atoms with E-state index in [2.05, 4.69) is 5.32 Å². The number of nitrogens with one attached hydrogen (secondary N) is 1. The average Bonchev–Trinajstić information content (AvgIpc) is 2.97. The van der Waals surface area contributed by atoms with Crippen LogP contribution in [-0.4, -0.2) is 51.4 Å². The van der Waals surface area contributed by atoms with Crippen LogP contribution < -0.4 is 14.4 Å². The van der Waals surface area contributed by atoms with Gasteiger partial charge in [-0.25, -0.2) is 8.42 Å². The van der Waals surface area contributed by atoms with Crippen molar-refractivity contribution in [3.63, 3.8) is 0 Å². The molecule has 0 aliphatic heterocycles. The Morgan fingerprint density at radius 3 is 2.39 bits per heavy atom. The molecule has 10 heteroatoms. The minimum absolute atomic E-state index is 0.0378. The Morgan fingerprint density at radius 2 is 1.73 bits per heavy atom. The molecule has 1 N–H and O–H groups in total. The second-order valence-electron chi connectivity index (χ2n) is 9.70. The van der Waals surface area contributed by atoms with Crippen LogP contribution in [0.2, 0.25) is 5.02 Å². The molecular weight excluding hydrogens is 562 g/mol. The molecule has 8 nitrogen and oxygen atoms in total. The Balaban J connectivity index is 2.07. The number of unbranched alkanes of at least 4 members (excludes halogenated alkanes) is 1. The Kier molecular flexibility index (Phi) is 11.6. The fourth-order valence-corrected chi connectivity index (χ4v) is 6.14. The number of halogens is 1. The number of hydrogen-bond acceptors (Lipinski definition) is 5. The van der Waals surface area contributed by atoms with Gasteiger partial charge in [-0.2, -0.15) is 0 Å². The Morgan fingerprint density at radius 1 is 1.00 bits per heavy atom. The molecule has 41 heavy (non-hydrogen) atoms. The molecule has 0 aromatic heterocycles. The Bertz CT molecular complexity index is 1430. The molecule has 3 aromatic rings. The van der Waals surface area contributed by atoms with Gasteiger partial charge in [-0.3, -0.25) is 13.9 Å². The smallest absolute Gasteiger partial charge is 0.264 e. The standard InChI is InChI=1S/C31H38ClN3O5S/c1-5-7-18-33-31(37)28(6-2)34(21-24-12-11-13-26(19-24)40-4)30(36)22-35(29-20-25(32)17-16-23(29)3)41(38,39)27-14-9-8-10-15-27/h8-17,19-20,28H,5-7,18,21-22H2,1-4H3,(H,33,37). The molecule has 0 saturated heterocycles. The van der Waals surface area contributed by atoms with Gasteiger partial charge in [-0.15, -0.1) is 0 Å². The monoisotopic (exact) mass is 599 g/mol. The number of hydrogen-bond donors (Lipinski definition) is 1. The van der Waals surface area contributed by atoms with Crippen molar-refractivity contribution in [2.24, 2.45) is 0 Å². The molecule has 1 unspecified atom stereocenters. The fraction of sp³-hybridized carbons (Fsp3) is 0.355. The van der Waals surface area contributed by atoms with Gasteiger partial charge in [0.1, 0.15) is 18.3 Å². The van der Waals surface area contributed by atoms with E-state index in [1.807, 2.05) is 19.9 Å². The van der Waals surface area contributed by atoms with Gasteiger partial charge in [0.25, 0.3) is 10.0 Å². The number of methoxy groups -OCH3 is 1. The first kappa shape index (κ1) is 32.0. The first-order chi connectivity index (χ1) is 19.6. The summed E-state index contributed by atoms with van der Waals surface area (Å²) in [5, 5.41) is 3.26. The molecule has 0 radical (unpaired) electrons. The normalized spacial score (nSPS) is 11.9. The quantitative estimate of drug-likeness (QED) is 0.244. The highest BCUT2D eigenvalue weighted by molar-refractivity contribution is 7.92. The van der Waals surface area contributed by atoms with E-state index >= 15 is 0 Å². The molecule has 3 rings (SSSR count). The number of nitrogens with zero attached hydrogens (tertiary/aromatic N) is 2. The van der Waals surface area contributed by atoms with Crippen LogP contribution in [-0.2, 0) is 26.2 Å². The maximum absolute atomic E-state index is 14.2. The lowest BCUT2D eigenvalue weighted by atomic mass is 10.1. The van der Waals surface area contributed by atoms with Gasteiger partial charge in [0, 0.05) is 18.1 Å². The zero-order chi connectivity index (χ0) is 30.0. The second kappa shape index (κ2) is 14.9. The van der Waals surface area contributed by atoms with Gasteiger partial charge in [-0.05, 0) is 67.3 Å². The molecule has 2 amide bonds. The topological polar surface area (TPSA) is 96.0 Å². The summed E-state index contributed by atoms with van der Waals surface area (Å²) in [6.07, 6.45) is 2.06. The fourth-order valence-electron chi connectivity index (χ4n) is 4.48. The third-order valence-corrected chi connectivity index (χ3v) is 8.76. The lowest BCUT2D eigenvalue weighted by Crippen LogP contribution is -2.52. The third-order valence-electron chi connectivity index (χ3n) is 6.75. The first-order valence-corrected chi connectivity index (χ1v) is 15.5. The minimum atomic E-state index is -4.17. The van der Waals surface area contributed by atoms with Gasteiger partial charge in [0.2, 0.25) is 11.8 Å². The number of carbonyl (C=O) groups is 2. The van der Waals surface area contributed by atoms with E-state index in [1.165, 1.54) is 23.1 Å². The summed E-state index contributed by atoms with van der Waals surface area (Å²) in [7, 11) is -2.62. The summed E-state index contributed by atoms with van der Waals surface area (Å²) >= 11 is 6.29. The molecule has 0 aliphatic rings. The van der Waals surface area contributed by atoms with Crippen LogP contribution in [0.3, 0.4) is 0 Å². The van der Waals surface area contributed by atoms with Crippen LogP contribution in [0.15, 0.2) is 77.7 Å². The van der Waals surface area contributed by atoms with Crippen molar-refractivity contribution in [1.82, 2.24) is 10.2 Å². The number of rotatable bonds is 14. The summed E-state index contributed by atoms with van der Waals surface area (Å²) in [5.74, 6) is -0.198. The Hall–Kier alpha value is -3.56. The molecule has 0 fully saturated rings. The molecule has 0 saturated carbocycles. The average molecular weight is 600 g/mol. The molecule has 0 aliphatic carbocycles. The molecule has 0 spiro atoms. The van der Waals surface area contributed by atoms with E-state index in [9.17, 15) is 18.0 Å². The van der Waals surface area contributed by atoms with E-state index in [1.54, 1.807) is 62.6 Å². The predicted molar refractivity (Wildman–Crippen MR) is 163 cm³/mol. The van der Waals surface area contributed by atoms with Crippen LogP contribution in [0.5, 0.6) is 5.75 Å². The number of anilines is 1. The van der Waals surface area contributed by atoms with Gasteiger partial charge in [0.05, 0.1) is 17.7 Å². The highest BCUT2D eigenvalue weighted by Gasteiger charge is 2.34. The minimum Gasteiger partial charge on any atom is -0.497 e.